The number of hydrogen-bond donors (Lipinski definition) is 1. The van der Waals surface area contributed by atoms with Gasteiger partial charge in [-0.05, 0) is 42.8 Å². The van der Waals surface area contributed by atoms with Gasteiger partial charge < -0.3 is 20.0 Å². The van der Waals surface area contributed by atoms with E-state index in [1.807, 2.05) is 60.4 Å². The van der Waals surface area contributed by atoms with E-state index in [2.05, 4.69) is 10.2 Å². The fourth-order valence-corrected chi connectivity index (χ4v) is 3.14. The Kier molecular flexibility index (Phi) is 5.64. The summed E-state index contributed by atoms with van der Waals surface area (Å²) in [7, 11) is 3.42. The van der Waals surface area contributed by atoms with E-state index >= 15 is 0 Å². The van der Waals surface area contributed by atoms with Crippen molar-refractivity contribution in [3.63, 3.8) is 0 Å². The van der Waals surface area contributed by atoms with Gasteiger partial charge in [0.05, 0.1) is 0 Å². The highest BCUT2D eigenvalue weighted by Crippen LogP contribution is 2.21. The Hall–Kier alpha value is -3.02. The van der Waals surface area contributed by atoms with E-state index in [0.29, 0.717) is 13.1 Å². The summed E-state index contributed by atoms with van der Waals surface area (Å²) in [5.41, 5.74) is 3.67. The minimum absolute atomic E-state index is 0.106. The van der Waals surface area contributed by atoms with Gasteiger partial charge in [-0.1, -0.05) is 18.2 Å². The molecule has 3 rings (SSSR count). The fraction of sp³-hybridized carbons (Fsp3) is 0.333. The van der Waals surface area contributed by atoms with E-state index in [9.17, 15) is 9.59 Å². The van der Waals surface area contributed by atoms with Gasteiger partial charge in [0.15, 0.2) is 0 Å². The molecule has 0 aromatic heterocycles. The number of anilines is 2. The number of nitrogens with one attached hydrogen (secondary N) is 1. The van der Waals surface area contributed by atoms with Gasteiger partial charge >= 0.3 is 6.03 Å². The average Bonchev–Trinajstić information content (AvgIpc) is 2.68. The monoisotopic (exact) mass is 366 g/mol. The highest BCUT2D eigenvalue weighted by molar-refractivity contribution is 5.95. The van der Waals surface area contributed by atoms with Crippen molar-refractivity contribution < 1.29 is 9.59 Å². The van der Waals surface area contributed by atoms with Gasteiger partial charge in [0, 0.05) is 57.2 Å². The lowest BCUT2D eigenvalue weighted by Gasteiger charge is -2.36. The first-order chi connectivity index (χ1) is 13.0. The maximum atomic E-state index is 12.7. The number of aryl methyl sites for hydroxylation is 1. The van der Waals surface area contributed by atoms with Crippen molar-refractivity contribution in [2.24, 2.45) is 0 Å². The molecule has 1 fully saturated rings. The van der Waals surface area contributed by atoms with Crippen molar-refractivity contribution >= 4 is 23.3 Å². The van der Waals surface area contributed by atoms with E-state index in [4.69, 9.17) is 0 Å². The number of hydrogen-bond acceptors (Lipinski definition) is 3. The third-order valence-electron chi connectivity index (χ3n) is 4.83. The molecular weight excluding hydrogens is 340 g/mol. The van der Waals surface area contributed by atoms with Gasteiger partial charge in [-0.15, -0.1) is 0 Å². The zero-order chi connectivity index (χ0) is 19.4. The van der Waals surface area contributed by atoms with Gasteiger partial charge in [0.2, 0.25) is 0 Å². The molecular formula is C21H26N4O2. The molecule has 0 bridgehead atoms. The molecule has 6 nitrogen and oxygen atoms in total. The molecule has 6 heteroatoms. The third-order valence-corrected chi connectivity index (χ3v) is 4.83. The lowest BCUT2D eigenvalue weighted by Crippen LogP contribution is -2.48. The van der Waals surface area contributed by atoms with Crippen molar-refractivity contribution in [1.29, 1.82) is 0 Å². The van der Waals surface area contributed by atoms with E-state index < -0.39 is 0 Å². The number of nitrogens with zero attached hydrogens (tertiary/aromatic N) is 3. The Labute approximate surface area is 160 Å². The summed E-state index contributed by atoms with van der Waals surface area (Å²) in [6, 6.07) is 15.4. The SMILES string of the molecule is Cc1ccccc1C(=O)N1CCN(c2ccc(NC(=O)N(C)C)cc2)CC1. The smallest absolute Gasteiger partial charge is 0.321 e. The third kappa shape index (κ3) is 4.39. The largest absolute Gasteiger partial charge is 0.368 e. The standard InChI is InChI=1S/C21H26N4O2/c1-16-6-4-5-7-19(16)20(26)25-14-12-24(13-15-25)18-10-8-17(9-11-18)22-21(27)23(2)3/h4-11H,12-15H2,1-3H3,(H,22,27). The molecule has 0 aliphatic carbocycles. The Morgan fingerprint density at radius 3 is 2.15 bits per heavy atom. The Morgan fingerprint density at radius 1 is 0.926 bits per heavy atom. The molecule has 2 aromatic rings. The summed E-state index contributed by atoms with van der Waals surface area (Å²) in [4.78, 5) is 30.1. The van der Waals surface area contributed by atoms with Crippen molar-refractivity contribution in [1.82, 2.24) is 9.80 Å². The molecule has 3 amide bonds. The first-order valence-electron chi connectivity index (χ1n) is 9.14. The van der Waals surface area contributed by atoms with Gasteiger partial charge in [-0.25, -0.2) is 4.79 Å². The summed E-state index contributed by atoms with van der Waals surface area (Å²) >= 11 is 0. The highest BCUT2D eigenvalue weighted by Gasteiger charge is 2.23. The first kappa shape index (κ1) is 18.8. The van der Waals surface area contributed by atoms with Crippen molar-refractivity contribution in [2.75, 3.05) is 50.5 Å². The minimum atomic E-state index is -0.147. The minimum Gasteiger partial charge on any atom is -0.368 e. The van der Waals surface area contributed by atoms with Crippen molar-refractivity contribution in [3.05, 3.63) is 59.7 Å². The van der Waals surface area contributed by atoms with Crippen LogP contribution in [0.2, 0.25) is 0 Å². The van der Waals surface area contributed by atoms with Crippen LogP contribution < -0.4 is 10.2 Å². The van der Waals surface area contributed by atoms with Crippen LogP contribution in [0.25, 0.3) is 0 Å². The van der Waals surface area contributed by atoms with E-state index in [-0.39, 0.29) is 11.9 Å². The van der Waals surface area contributed by atoms with Crippen LogP contribution in [0, 0.1) is 6.92 Å². The maximum absolute atomic E-state index is 12.7. The molecule has 1 aliphatic heterocycles. The molecule has 0 radical (unpaired) electrons. The summed E-state index contributed by atoms with van der Waals surface area (Å²) in [5.74, 6) is 0.106. The fourth-order valence-electron chi connectivity index (χ4n) is 3.14. The molecule has 27 heavy (non-hydrogen) atoms. The van der Waals surface area contributed by atoms with Gasteiger partial charge in [-0.2, -0.15) is 0 Å². The predicted molar refractivity (Wildman–Crippen MR) is 108 cm³/mol. The van der Waals surface area contributed by atoms with Crippen LogP contribution in [-0.2, 0) is 0 Å². The van der Waals surface area contributed by atoms with E-state index in [1.54, 1.807) is 14.1 Å². The normalized spacial score (nSPS) is 14.0. The van der Waals surface area contributed by atoms with Crippen LogP contribution in [0.3, 0.4) is 0 Å². The topological polar surface area (TPSA) is 55.9 Å². The number of carbonyl (C=O) groups excluding carboxylic acids is 2. The molecule has 142 valence electrons. The molecule has 0 unspecified atom stereocenters. The number of amides is 3. The van der Waals surface area contributed by atoms with Crippen LogP contribution in [0.1, 0.15) is 15.9 Å². The van der Waals surface area contributed by atoms with E-state index in [1.165, 1.54) is 4.90 Å². The zero-order valence-electron chi connectivity index (χ0n) is 16.1. The number of rotatable bonds is 3. The second-order valence-corrected chi connectivity index (χ2v) is 6.97. The molecule has 1 N–H and O–H groups in total. The highest BCUT2D eigenvalue weighted by atomic mass is 16.2. The van der Waals surface area contributed by atoms with Gasteiger partial charge in [0.1, 0.15) is 0 Å². The number of urea groups is 1. The molecule has 1 heterocycles. The van der Waals surface area contributed by atoms with Gasteiger partial charge in [0.25, 0.3) is 5.91 Å². The quantitative estimate of drug-likeness (QED) is 0.908. The first-order valence-corrected chi connectivity index (χ1v) is 9.14. The molecule has 2 aromatic carbocycles. The van der Waals surface area contributed by atoms with Crippen LogP contribution >= 0.6 is 0 Å². The van der Waals surface area contributed by atoms with Crippen LogP contribution in [0.4, 0.5) is 16.2 Å². The Morgan fingerprint density at radius 2 is 1.56 bits per heavy atom. The Bertz CT molecular complexity index is 809. The number of carbonyl (C=O) groups is 2. The van der Waals surface area contributed by atoms with Crippen molar-refractivity contribution in [2.45, 2.75) is 6.92 Å². The lowest BCUT2D eigenvalue weighted by molar-refractivity contribution is 0.0746. The molecule has 1 saturated heterocycles. The maximum Gasteiger partial charge on any atom is 0.321 e. The second kappa shape index (κ2) is 8.12. The lowest BCUT2D eigenvalue weighted by atomic mass is 10.1. The summed E-state index contributed by atoms with van der Waals surface area (Å²) in [6.07, 6.45) is 0. The summed E-state index contributed by atoms with van der Waals surface area (Å²) in [5, 5.41) is 2.83. The van der Waals surface area contributed by atoms with E-state index in [0.717, 1.165) is 35.6 Å². The van der Waals surface area contributed by atoms with Crippen LogP contribution in [0.5, 0.6) is 0 Å². The number of benzene rings is 2. The summed E-state index contributed by atoms with van der Waals surface area (Å²) in [6.45, 7) is 4.96. The molecule has 1 aliphatic rings. The zero-order valence-corrected chi connectivity index (χ0v) is 16.1. The van der Waals surface area contributed by atoms with Gasteiger partial charge in [-0.3, -0.25) is 4.79 Å². The number of piperazine rings is 1. The van der Waals surface area contributed by atoms with Crippen LogP contribution in [0.15, 0.2) is 48.5 Å². The predicted octanol–water partition coefficient (Wildman–Crippen LogP) is 3.05. The summed E-state index contributed by atoms with van der Waals surface area (Å²) < 4.78 is 0. The average molecular weight is 366 g/mol. The molecule has 0 atom stereocenters. The molecule has 0 saturated carbocycles. The molecule has 0 spiro atoms. The van der Waals surface area contributed by atoms with Crippen molar-refractivity contribution in [3.8, 4) is 0 Å². The Balaban J connectivity index is 1.58. The second-order valence-electron chi connectivity index (χ2n) is 6.97. The van der Waals surface area contributed by atoms with Crippen LogP contribution in [-0.4, -0.2) is 62.0 Å².